The second-order valence-electron chi connectivity index (χ2n) is 4.49. The topological polar surface area (TPSA) is 93.0 Å². The van der Waals surface area contributed by atoms with Crippen LogP contribution >= 0.6 is 0 Å². The van der Waals surface area contributed by atoms with Crippen molar-refractivity contribution in [2.24, 2.45) is 0 Å². The van der Waals surface area contributed by atoms with Crippen molar-refractivity contribution in [3.05, 3.63) is 29.3 Å². The molecule has 5 nitrogen and oxygen atoms in total. The van der Waals surface area contributed by atoms with Crippen LogP contribution in [0.4, 0.5) is 5.69 Å². The molecular formula is C13H21NO4. The zero-order chi connectivity index (χ0) is 13.7. The Hall–Kier alpha value is -1.14. The average molecular weight is 255 g/mol. The van der Waals surface area contributed by atoms with Crippen molar-refractivity contribution in [2.75, 3.05) is 18.5 Å². The third-order valence-corrected chi connectivity index (χ3v) is 3.00. The van der Waals surface area contributed by atoms with Crippen molar-refractivity contribution in [1.82, 2.24) is 0 Å². The fourth-order valence-corrected chi connectivity index (χ4v) is 1.56. The molecule has 0 fully saturated rings. The highest BCUT2D eigenvalue weighted by molar-refractivity contribution is 5.48. The van der Waals surface area contributed by atoms with Gasteiger partial charge in [-0.1, -0.05) is 6.07 Å². The van der Waals surface area contributed by atoms with Gasteiger partial charge in [-0.3, -0.25) is 0 Å². The Morgan fingerprint density at radius 2 is 1.72 bits per heavy atom. The summed E-state index contributed by atoms with van der Waals surface area (Å²) in [7, 11) is 0. The molecule has 1 aromatic rings. The fraction of sp³-hybridized carbons (Fsp3) is 0.538. The first kappa shape index (κ1) is 14.9. The third kappa shape index (κ3) is 3.96. The lowest BCUT2D eigenvalue weighted by molar-refractivity contribution is -0.0715. The van der Waals surface area contributed by atoms with E-state index in [2.05, 4.69) is 5.32 Å². The summed E-state index contributed by atoms with van der Waals surface area (Å²) in [5, 5.41) is 39.9. The van der Waals surface area contributed by atoms with Crippen molar-refractivity contribution in [3.63, 3.8) is 0 Å². The van der Waals surface area contributed by atoms with Crippen molar-refractivity contribution >= 4 is 5.69 Å². The summed E-state index contributed by atoms with van der Waals surface area (Å²) in [5.41, 5.74) is 3.14. The summed E-state index contributed by atoms with van der Waals surface area (Å²) in [5.74, 6) is 0. The number of benzene rings is 1. The van der Waals surface area contributed by atoms with Gasteiger partial charge >= 0.3 is 0 Å². The largest absolute Gasteiger partial charge is 0.394 e. The highest BCUT2D eigenvalue weighted by Gasteiger charge is 2.23. The van der Waals surface area contributed by atoms with Crippen molar-refractivity contribution in [3.8, 4) is 0 Å². The van der Waals surface area contributed by atoms with Crippen LogP contribution < -0.4 is 5.32 Å². The first-order chi connectivity index (χ1) is 8.45. The van der Waals surface area contributed by atoms with E-state index in [4.69, 9.17) is 5.11 Å². The van der Waals surface area contributed by atoms with E-state index in [0.717, 1.165) is 11.3 Å². The van der Waals surface area contributed by atoms with Crippen LogP contribution in [0.3, 0.4) is 0 Å². The van der Waals surface area contributed by atoms with E-state index in [1.165, 1.54) is 5.56 Å². The predicted octanol–water partition coefficient (Wildman–Crippen LogP) is -0.210. The average Bonchev–Trinajstić information content (AvgIpc) is 2.37. The van der Waals surface area contributed by atoms with Gasteiger partial charge in [0, 0.05) is 12.2 Å². The molecule has 0 amide bonds. The van der Waals surface area contributed by atoms with Crippen molar-refractivity contribution in [2.45, 2.75) is 32.2 Å². The van der Waals surface area contributed by atoms with E-state index in [1.807, 2.05) is 32.0 Å². The van der Waals surface area contributed by atoms with Gasteiger partial charge in [-0.05, 0) is 37.1 Å². The molecule has 0 saturated heterocycles. The third-order valence-electron chi connectivity index (χ3n) is 3.00. The normalized spacial score (nSPS) is 16.1. The van der Waals surface area contributed by atoms with Crippen LogP contribution in [0.1, 0.15) is 11.1 Å². The molecule has 0 aromatic heterocycles. The minimum Gasteiger partial charge on any atom is -0.394 e. The Bertz CT molecular complexity index is 383. The summed E-state index contributed by atoms with van der Waals surface area (Å²) in [6.07, 6.45) is -3.84. The van der Waals surface area contributed by atoms with Gasteiger partial charge in [0.2, 0.25) is 0 Å². The van der Waals surface area contributed by atoms with Crippen LogP contribution in [0.2, 0.25) is 0 Å². The number of rotatable bonds is 6. The van der Waals surface area contributed by atoms with Crippen LogP contribution in [0, 0.1) is 13.8 Å². The van der Waals surface area contributed by atoms with Gasteiger partial charge < -0.3 is 25.7 Å². The van der Waals surface area contributed by atoms with Crippen LogP contribution in [0.25, 0.3) is 0 Å². The minimum absolute atomic E-state index is 0.0979. The Morgan fingerprint density at radius 1 is 1.06 bits per heavy atom. The number of nitrogens with one attached hydrogen (secondary N) is 1. The van der Waals surface area contributed by atoms with E-state index >= 15 is 0 Å². The molecule has 0 saturated carbocycles. The fourth-order valence-electron chi connectivity index (χ4n) is 1.56. The molecule has 0 bridgehead atoms. The SMILES string of the molecule is Cc1ccc(NC[C@H](O)[C@H](O)[C@@H](O)CO)cc1C. The van der Waals surface area contributed by atoms with E-state index in [9.17, 15) is 15.3 Å². The molecule has 102 valence electrons. The van der Waals surface area contributed by atoms with Crippen molar-refractivity contribution < 1.29 is 20.4 Å². The van der Waals surface area contributed by atoms with E-state index in [1.54, 1.807) is 0 Å². The smallest absolute Gasteiger partial charge is 0.110 e. The molecule has 5 heteroatoms. The zero-order valence-corrected chi connectivity index (χ0v) is 10.7. The molecular weight excluding hydrogens is 234 g/mol. The lowest BCUT2D eigenvalue weighted by atomic mass is 10.1. The Morgan fingerprint density at radius 3 is 2.28 bits per heavy atom. The first-order valence-corrected chi connectivity index (χ1v) is 5.92. The van der Waals surface area contributed by atoms with Gasteiger partial charge in [0.1, 0.15) is 12.2 Å². The number of hydrogen-bond acceptors (Lipinski definition) is 5. The highest BCUT2D eigenvalue weighted by atomic mass is 16.4. The summed E-state index contributed by atoms with van der Waals surface area (Å²) in [6.45, 7) is 3.51. The maximum absolute atomic E-state index is 9.62. The standard InChI is InChI=1S/C13H21NO4/c1-8-3-4-10(5-9(8)2)14-6-11(16)13(18)12(17)7-15/h3-5,11-18H,6-7H2,1-2H3/t11-,12-,13-/m0/s1. The van der Waals surface area contributed by atoms with E-state index in [-0.39, 0.29) is 6.54 Å². The van der Waals surface area contributed by atoms with Crippen LogP contribution in [-0.4, -0.2) is 51.9 Å². The quantitative estimate of drug-likeness (QED) is 0.485. The van der Waals surface area contributed by atoms with E-state index < -0.39 is 24.9 Å². The highest BCUT2D eigenvalue weighted by Crippen LogP contribution is 2.14. The minimum atomic E-state index is -1.37. The van der Waals surface area contributed by atoms with Gasteiger partial charge in [0.05, 0.1) is 12.7 Å². The molecule has 0 spiro atoms. The summed E-state index contributed by atoms with van der Waals surface area (Å²) in [6, 6.07) is 5.78. The molecule has 18 heavy (non-hydrogen) atoms. The predicted molar refractivity (Wildman–Crippen MR) is 69.5 cm³/mol. The van der Waals surface area contributed by atoms with Gasteiger partial charge in [-0.2, -0.15) is 0 Å². The number of aliphatic hydroxyl groups excluding tert-OH is 4. The maximum Gasteiger partial charge on any atom is 0.110 e. The zero-order valence-electron chi connectivity index (χ0n) is 10.7. The lowest BCUT2D eigenvalue weighted by Gasteiger charge is -2.22. The van der Waals surface area contributed by atoms with Crippen molar-refractivity contribution in [1.29, 1.82) is 0 Å². The molecule has 3 atom stereocenters. The molecule has 0 aliphatic heterocycles. The summed E-state index contributed by atoms with van der Waals surface area (Å²) in [4.78, 5) is 0. The number of aliphatic hydroxyl groups is 4. The van der Waals surface area contributed by atoms with Gasteiger partial charge in [0.25, 0.3) is 0 Å². The number of hydrogen-bond donors (Lipinski definition) is 5. The maximum atomic E-state index is 9.62. The molecule has 0 aliphatic rings. The summed E-state index contributed by atoms with van der Waals surface area (Å²) < 4.78 is 0. The Kier molecular flexibility index (Phi) is 5.55. The molecule has 1 rings (SSSR count). The van der Waals surface area contributed by atoms with Crippen LogP contribution in [0.15, 0.2) is 18.2 Å². The second-order valence-corrected chi connectivity index (χ2v) is 4.49. The molecule has 0 unspecified atom stereocenters. The van der Waals surface area contributed by atoms with Gasteiger partial charge in [-0.25, -0.2) is 0 Å². The van der Waals surface area contributed by atoms with E-state index in [0.29, 0.717) is 0 Å². The molecule has 1 aromatic carbocycles. The molecule has 0 heterocycles. The Labute approximate surface area is 107 Å². The van der Waals surface area contributed by atoms with Crippen LogP contribution in [0.5, 0.6) is 0 Å². The number of anilines is 1. The monoisotopic (exact) mass is 255 g/mol. The number of aryl methyl sites for hydroxylation is 2. The molecule has 0 aliphatic carbocycles. The van der Waals surface area contributed by atoms with Gasteiger partial charge in [-0.15, -0.1) is 0 Å². The second kappa shape index (κ2) is 6.70. The first-order valence-electron chi connectivity index (χ1n) is 5.92. The van der Waals surface area contributed by atoms with Gasteiger partial charge in [0.15, 0.2) is 0 Å². The van der Waals surface area contributed by atoms with Crippen LogP contribution in [-0.2, 0) is 0 Å². The molecule has 5 N–H and O–H groups in total. The summed E-state index contributed by atoms with van der Waals surface area (Å²) >= 11 is 0. The lowest BCUT2D eigenvalue weighted by Crippen LogP contribution is -2.42. The Balaban J connectivity index is 2.51. The molecule has 0 radical (unpaired) electrons.